The van der Waals surface area contributed by atoms with Crippen molar-refractivity contribution in [1.82, 2.24) is 20.5 Å². The number of H-pyrrole nitrogens is 1. The van der Waals surface area contributed by atoms with E-state index in [1.54, 1.807) is 0 Å². The van der Waals surface area contributed by atoms with Crippen LogP contribution in [0.15, 0.2) is 6.33 Å². The van der Waals surface area contributed by atoms with E-state index in [1.807, 2.05) is 0 Å². The molecule has 1 heterocycles. The first-order valence-electron chi connectivity index (χ1n) is 4.10. The minimum absolute atomic E-state index is 0.212. The number of hydrogen-bond donors (Lipinski definition) is 2. The molecule has 0 spiro atoms. The maximum absolute atomic E-state index is 11.7. The van der Waals surface area contributed by atoms with Gasteiger partial charge in [0.1, 0.15) is 12.2 Å². The lowest BCUT2D eigenvalue weighted by Gasteiger charge is -2.02. The van der Waals surface area contributed by atoms with Crippen LogP contribution in [0.2, 0.25) is 0 Å². The van der Waals surface area contributed by atoms with Crippen molar-refractivity contribution in [3.63, 3.8) is 0 Å². The van der Waals surface area contributed by atoms with E-state index in [1.165, 1.54) is 6.33 Å². The number of nitrogens with one attached hydrogen (secondary N) is 2. The third kappa shape index (κ3) is 3.46. The Hall–Kier alpha value is -1.53. The second-order valence-corrected chi connectivity index (χ2v) is 2.63. The highest BCUT2D eigenvalue weighted by Crippen LogP contribution is 1.94. The Bertz CT molecular complexity index is 275. The summed E-state index contributed by atoms with van der Waals surface area (Å²) in [6.45, 7) is 0.212. The minimum Gasteiger partial charge on any atom is -0.351 e. The molecule has 1 aromatic rings. The molecule has 1 rings (SSSR count). The van der Waals surface area contributed by atoms with Gasteiger partial charge in [-0.1, -0.05) is 0 Å². The lowest BCUT2D eigenvalue weighted by atomic mass is 10.3. The highest BCUT2D eigenvalue weighted by Gasteiger charge is 2.13. The number of amides is 1. The molecule has 0 saturated heterocycles. The van der Waals surface area contributed by atoms with Crippen LogP contribution in [0.3, 0.4) is 0 Å². The summed E-state index contributed by atoms with van der Waals surface area (Å²) in [7, 11) is 0. The monoisotopic (exact) mass is 204 g/mol. The molecule has 14 heavy (non-hydrogen) atoms. The van der Waals surface area contributed by atoms with Gasteiger partial charge in [-0.25, -0.2) is 4.98 Å². The van der Waals surface area contributed by atoms with Gasteiger partial charge in [-0.15, -0.1) is 0 Å². The molecule has 7 heteroatoms. The first-order chi connectivity index (χ1) is 6.70. The van der Waals surface area contributed by atoms with Crippen molar-refractivity contribution in [3.8, 4) is 0 Å². The molecule has 5 nitrogen and oxygen atoms in total. The van der Waals surface area contributed by atoms with Crippen LogP contribution in [0.1, 0.15) is 12.2 Å². The topological polar surface area (TPSA) is 70.7 Å². The average Bonchev–Trinajstić information content (AvgIpc) is 2.64. The number of aromatic amines is 1. The number of hydrogen-bond acceptors (Lipinski definition) is 3. The van der Waals surface area contributed by atoms with Gasteiger partial charge in [-0.05, 0) is 6.42 Å². The zero-order valence-corrected chi connectivity index (χ0v) is 7.33. The van der Waals surface area contributed by atoms with E-state index in [0.29, 0.717) is 18.7 Å². The lowest BCUT2D eigenvalue weighted by Crippen LogP contribution is -2.30. The first kappa shape index (κ1) is 10.6. The summed E-state index contributed by atoms with van der Waals surface area (Å²) in [6, 6.07) is 0. The van der Waals surface area contributed by atoms with Crippen molar-refractivity contribution >= 4 is 5.91 Å². The summed E-state index contributed by atoms with van der Waals surface area (Å²) in [5.41, 5.74) is 0. The van der Waals surface area contributed by atoms with Gasteiger partial charge in [-0.2, -0.15) is 13.9 Å². The van der Waals surface area contributed by atoms with Crippen molar-refractivity contribution in [2.45, 2.75) is 19.3 Å². The fourth-order valence-electron chi connectivity index (χ4n) is 0.896. The summed E-state index contributed by atoms with van der Waals surface area (Å²) in [6.07, 6.45) is -0.454. The van der Waals surface area contributed by atoms with E-state index in [-0.39, 0.29) is 6.54 Å². The number of nitrogens with zero attached hydrogens (tertiary/aromatic N) is 2. The number of aromatic nitrogens is 3. The predicted octanol–water partition coefficient (Wildman–Crippen LogP) is 0.119. The molecule has 78 valence electrons. The van der Waals surface area contributed by atoms with Crippen molar-refractivity contribution in [1.29, 1.82) is 0 Å². The SMILES string of the molecule is O=C(NCCCc1ncn[nH]1)C(F)F. The molecule has 0 aliphatic carbocycles. The van der Waals surface area contributed by atoms with Gasteiger partial charge >= 0.3 is 6.43 Å². The molecule has 0 aliphatic rings. The summed E-state index contributed by atoms with van der Waals surface area (Å²) >= 11 is 0. The van der Waals surface area contributed by atoms with Gasteiger partial charge in [0.2, 0.25) is 0 Å². The second kappa shape index (κ2) is 5.25. The Morgan fingerprint density at radius 3 is 3.00 bits per heavy atom. The van der Waals surface area contributed by atoms with Crippen LogP contribution in [0.5, 0.6) is 0 Å². The largest absolute Gasteiger partial charge is 0.351 e. The quantitative estimate of drug-likeness (QED) is 0.669. The predicted molar refractivity (Wildman–Crippen MR) is 43.7 cm³/mol. The molecule has 2 N–H and O–H groups in total. The Kier molecular flexibility index (Phi) is 3.96. The van der Waals surface area contributed by atoms with E-state index < -0.39 is 12.3 Å². The normalized spacial score (nSPS) is 10.5. The van der Waals surface area contributed by atoms with Gasteiger partial charge in [0, 0.05) is 13.0 Å². The number of alkyl halides is 2. The van der Waals surface area contributed by atoms with E-state index in [9.17, 15) is 13.6 Å². The number of carbonyl (C=O) groups is 1. The molecule has 1 amide bonds. The van der Waals surface area contributed by atoms with Crippen LogP contribution >= 0.6 is 0 Å². The van der Waals surface area contributed by atoms with Crippen LogP contribution in [0.25, 0.3) is 0 Å². The maximum Gasteiger partial charge on any atom is 0.315 e. The Labute approximate surface area is 78.9 Å². The Morgan fingerprint density at radius 2 is 2.43 bits per heavy atom. The number of rotatable bonds is 5. The van der Waals surface area contributed by atoms with Crippen LogP contribution in [0, 0.1) is 0 Å². The average molecular weight is 204 g/mol. The van der Waals surface area contributed by atoms with Gasteiger partial charge in [0.15, 0.2) is 0 Å². The second-order valence-electron chi connectivity index (χ2n) is 2.63. The summed E-state index contributed by atoms with van der Waals surface area (Å²) < 4.78 is 23.4. The van der Waals surface area contributed by atoms with E-state index in [0.717, 1.165) is 0 Å². The molecular formula is C7H10F2N4O. The van der Waals surface area contributed by atoms with Crippen LogP contribution < -0.4 is 5.32 Å². The third-order valence-electron chi connectivity index (χ3n) is 1.55. The fourth-order valence-corrected chi connectivity index (χ4v) is 0.896. The van der Waals surface area contributed by atoms with Crippen molar-refractivity contribution in [3.05, 3.63) is 12.2 Å². The molecule has 0 radical (unpaired) electrons. The van der Waals surface area contributed by atoms with Crippen molar-refractivity contribution in [2.75, 3.05) is 6.54 Å². The molecule has 1 aromatic heterocycles. The Balaban J connectivity index is 2.08. The molecule has 0 bridgehead atoms. The number of halogens is 2. The molecule has 0 aliphatic heterocycles. The van der Waals surface area contributed by atoms with E-state index >= 15 is 0 Å². The molecule has 0 saturated carbocycles. The van der Waals surface area contributed by atoms with Crippen molar-refractivity contribution < 1.29 is 13.6 Å². The third-order valence-corrected chi connectivity index (χ3v) is 1.55. The van der Waals surface area contributed by atoms with Crippen molar-refractivity contribution in [2.24, 2.45) is 0 Å². The first-order valence-corrected chi connectivity index (χ1v) is 4.10. The van der Waals surface area contributed by atoms with Crippen LogP contribution in [-0.2, 0) is 11.2 Å². The van der Waals surface area contributed by atoms with Gasteiger partial charge < -0.3 is 5.32 Å². The van der Waals surface area contributed by atoms with Gasteiger partial charge in [-0.3, -0.25) is 9.89 Å². The summed E-state index contributed by atoms with van der Waals surface area (Å²) in [5.74, 6) is -0.557. The lowest BCUT2D eigenvalue weighted by molar-refractivity contribution is -0.131. The number of carbonyl (C=O) groups excluding carboxylic acids is 1. The van der Waals surface area contributed by atoms with Gasteiger partial charge in [0.25, 0.3) is 5.91 Å². The zero-order valence-electron chi connectivity index (χ0n) is 7.33. The molecule has 0 unspecified atom stereocenters. The highest BCUT2D eigenvalue weighted by molar-refractivity contribution is 5.78. The molecule has 0 fully saturated rings. The zero-order chi connectivity index (χ0) is 10.4. The van der Waals surface area contributed by atoms with Crippen LogP contribution in [-0.4, -0.2) is 34.1 Å². The molecule has 0 aromatic carbocycles. The van der Waals surface area contributed by atoms with Gasteiger partial charge in [0.05, 0.1) is 0 Å². The molecular weight excluding hydrogens is 194 g/mol. The fraction of sp³-hybridized carbons (Fsp3) is 0.571. The highest BCUT2D eigenvalue weighted by atomic mass is 19.3. The smallest absolute Gasteiger partial charge is 0.315 e. The standard InChI is InChI=1S/C7H10F2N4O/c8-6(9)7(14)10-3-1-2-5-11-4-12-13-5/h4,6H,1-3H2,(H,10,14)(H,11,12,13). The summed E-state index contributed by atoms with van der Waals surface area (Å²) in [4.78, 5) is 14.2. The molecule has 0 atom stereocenters. The Morgan fingerprint density at radius 1 is 1.64 bits per heavy atom. The number of aryl methyl sites for hydroxylation is 1. The van der Waals surface area contributed by atoms with E-state index in [4.69, 9.17) is 0 Å². The minimum atomic E-state index is -2.94. The van der Waals surface area contributed by atoms with E-state index in [2.05, 4.69) is 20.5 Å². The maximum atomic E-state index is 11.7. The van der Waals surface area contributed by atoms with Crippen LogP contribution in [0.4, 0.5) is 8.78 Å². The summed E-state index contributed by atoms with van der Waals surface area (Å²) in [5, 5.41) is 8.34.